The Labute approximate surface area is 124 Å². The van der Waals surface area contributed by atoms with E-state index in [4.69, 9.17) is 0 Å². The monoisotopic (exact) mass is 312 g/mol. The van der Waals surface area contributed by atoms with E-state index in [1.54, 1.807) is 10.9 Å². The van der Waals surface area contributed by atoms with Gasteiger partial charge in [-0.2, -0.15) is 0 Å². The third-order valence-corrected chi connectivity index (χ3v) is 3.57. The number of hydrogen-bond acceptors (Lipinski definition) is 4. The summed E-state index contributed by atoms with van der Waals surface area (Å²) in [5.41, 5.74) is 2.44. The quantitative estimate of drug-likeness (QED) is 0.857. The fourth-order valence-corrected chi connectivity index (χ4v) is 2.39. The number of aliphatic hydroxyl groups is 1. The summed E-state index contributed by atoms with van der Waals surface area (Å²) in [6, 6.07) is 3.61. The first kappa shape index (κ1) is 15.5. The van der Waals surface area contributed by atoms with Gasteiger partial charge in [-0.25, -0.2) is 13.8 Å². The van der Waals surface area contributed by atoms with Crippen molar-refractivity contribution in [3.8, 4) is 0 Å². The number of aliphatic hydroxyl groups excluding tert-OH is 1. The molecule has 2 aromatic rings. The number of halogens is 2. The molecule has 1 aromatic heterocycles. The first-order valence-corrected chi connectivity index (χ1v) is 7.25. The Kier molecular flexibility index (Phi) is 5.35. The van der Waals surface area contributed by atoms with Crippen molar-refractivity contribution >= 4 is 17.2 Å². The van der Waals surface area contributed by atoms with Gasteiger partial charge in [-0.3, -0.25) is 4.79 Å². The number of amides is 1. The van der Waals surface area contributed by atoms with Crippen molar-refractivity contribution in [2.45, 2.75) is 6.42 Å². The second-order valence-corrected chi connectivity index (χ2v) is 5.30. The number of carbonyl (C=O) groups excluding carboxylic acids is 1. The molecule has 1 aromatic carbocycles. The SMILES string of the molecule is O=C(NC[C@@H](CO)Cc1ccc(F)c(F)c1)c1cscn1. The summed E-state index contributed by atoms with van der Waals surface area (Å²) in [6.07, 6.45) is 0.338. The highest BCUT2D eigenvalue weighted by molar-refractivity contribution is 7.07. The number of aromatic nitrogens is 1. The molecule has 0 bridgehead atoms. The maximum Gasteiger partial charge on any atom is 0.270 e. The van der Waals surface area contributed by atoms with Gasteiger partial charge in [0.2, 0.25) is 0 Å². The van der Waals surface area contributed by atoms with Gasteiger partial charge in [-0.05, 0) is 24.1 Å². The van der Waals surface area contributed by atoms with Crippen molar-refractivity contribution in [3.05, 3.63) is 52.0 Å². The fraction of sp³-hybridized carbons (Fsp3) is 0.286. The summed E-state index contributed by atoms with van der Waals surface area (Å²) in [5.74, 6) is -2.43. The van der Waals surface area contributed by atoms with Crippen LogP contribution in [0.4, 0.5) is 8.78 Å². The first-order valence-electron chi connectivity index (χ1n) is 6.31. The first-order chi connectivity index (χ1) is 10.1. The molecule has 0 saturated carbocycles. The van der Waals surface area contributed by atoms with Gasteiger partial charge in [0.1, 0.15) is 5.69 Å². The van der Waals surface area contributed by atoms with Gasteiger partial charge < -0.3 is 10.4 Å². The lowest BCUT2D eigenvalue weighted by molar-refractivity contribution is 0.0935. The number of nitrogens with zero attached hydrogens (tertiary/aromatic N) is 1. The van der Waals surface area contributed by atoms with Crippen molar-refractivity contribution < 1.29 is 18.7 Å². The smallest absolute Gasteiger partial charge is 0.270 e. The average molecular weight is 312 g/mol. The van der Waals surface area contributed by atoms with Crippen LogP contribution >= 0.6 is 11.3 Å². The minimum Gasteiger partial charge on any atom is -0.396 e. The Morgan fingerprint density at radius 2 is 2.19 bits per heavy atom. The molecule has 112 valence electrons. The Morgan fingerprint density at radius 1 is 1.38 bits per heavy atom. The van der Waals surface area contributed by atoms with E-state index in [2.05, 4.69) is 10.3 Å². The van der Waals surface area contributed by atoms with E-state index < -0.39 is 11.6 Å². The number of nitrogens with one attached hydrogen (secondary N) is 1. The molecule has 2 N–H and O–H groups in total. The summed E-state index contributed by atoms with van der Waals surface area (Å²) in [5, 5.41) is 13.6. The zero-order chi connectivity index (χ0) is 15.2. The summed E-state index contributed by atoms with van der Waals surface area (Å²) in [6.45, 7) is 0.0577. The van der Waals surface area contributed by atoms with E-state index in [-0.39, 0.29) is 25.0 Å². The van der Waals surface area contributed by atoms with Crippen LogP contribution in [-0.2, 0) is 6.42 Å². The molecule has 7 heteroatoms. The second-order valence-electron chi connectivity index (χ2n) is 4.58. The Balaban J connectivity index is 1.91. The van der Waals surface area contributed by atoms with E-state index in [0.717, 1.165) is 12.1 Å². The summed E-state index contributed by atoms with van der Waals surface area (Å²) in [4.78, 5) is 15.6. The van der Waals surface area contributed by atoms with Crippen LogP contribution in [-0.4, -0.2) is 29.1 Å². The summed E-state index contributed by atoms with van der Waals surface area (Å²) >= 11 is 1.31. The van der Waals surface area contributed by atoms with Crippen molar-refractivity contribution in [3.63, 3.8) is 0 Å². The van der Waals surface area contributed by atoms with Crippen LogP contribution in [0.3, 0.4) is 0 Å². The number of rotatable bonds is 6. The maximum absolute atomic E-state index is 13.1. The van der Waals surface area contributed by atoms with Crippen LogP contribution in [0.2, 0.25) is 0 Å². The molecule has 0 aliphatic rings. The van der Waals surface area contributed by atoms with Gasteiger partial charge in [0.15, 0.2) is 11.6 Å². The molecule has 1 amide bonds. The van der Waals surface area contributed by atoms with Crippen LogP contribution < -0.4 is 5.32 Å². The average Bonchev–Trinajstić information content (AvgIpc) is 3.01. The highest BCUT2D eigenvalue weighted by Gasteiger charge is 2.14. The predicted octanol–water partition coefficient (Wildman–Crippen LogP) is 2.00. The van der Waals surface area contributed by atoms with Crippen molar-refractivity contribution in [1.29, 1.82) is 0 Å². The van der Waals surface area contributed by atoms with Gasteiger partial charge in [0.25, 0.3) is 5.91 Å². The van der Waals surface area contributed by atoms with Gasteiger partial charge in [0, 0.05) is 24.4 Å². The molecule has 4 nitrogen and oxygen atoms in total. The molecular weight excluding hydrogens is 298 g/mol. The molecule has 0 aliphatic heterocycles. The largest absolute Gasteiger partial charge is 0.396 e. The molecular formula is C14H14F2N2O2S. The lowest BCUT2D eigenvalue weighted by Crippen LogP contribution is -2.32. The van der Waals surface area contributed by atoms with E-state index in [1.807, 2.05) is 0 Å². The number of benzene rings is 1. The van der Waals surface area contributed by atoms with Crippen LogP contribution in [0.15, 0.2) is 29.1 Å². The Hall–Kier alpha value is -1.86. The predicted molar refractivity (Wildman–Crippen MR) is 75.1 cm³/mol. The molecule has 21 heavy (non-hydrogen) atoms. The van der Waals surface area contributed by atoms with Crippen molar-refractivity contribution in [2.75, 3.05) is 13.2 Å². The van der Waals surface area contributed by atoms with Crippen molar-refractivity contribution in [2.24, 2.45) is 5.92 Å². The van der Waals surface area contributed by atoms with Crippen LogP contribution in [0.5, 0.6) is 0 Å². The summed E-state index contributed by atoms with van der Waals surface area (Å²) < 4.78 is 26.0. The zero-order valence-electron chi connectivity index (χ0n) is 11.1. The van der Waals surface area contributed by atoms with Crippen LogP contribution in [0.1, 0.15) is 16.1 Å². The van der Waals surface area contributed by atoms with E-state index in [1.165, 1.54) is 17.4 Å². The number of carbonyl (C=O) groups is 1. The second kappa shape index (κ2) is 7.24. The van der Waals surface area contributed by atoms with Crippen LogP contribution in [0.25, 0.3) is 0 Å². The lowest BCUT2D eigenvalue weighted by atomic mass is 10.00. The van der Waals surface area contributed by atoms with Gasteiger partial charge in [0.05, 0.1) is 5.51 Å². The van der Waals surface area contributed by atoms with Crippen LogP contribution in [0, 0.1) is 17.6 Å². The molecule has 1 atom stereocenters. The number of hydrogen-bond donors (Lipinski definition) is 2. The third kappa shape index (κ3) is 4.30. The molecule has 0 fully saturated rings. The number of thiazole rings is 1. The lowest BCUT2D eigenvalue weighted by Gasteiger charge is -2.15. The normalized spacial score (nSPS) is 12.1. The molecule has 0 unspecified atom stereocenters. The zero-order valence-corrected chi connectivity index (χ0v) is 11.9. The Bertz CT molecular complexity index is 605. The van der Waals surface area contributed by atoms with Gasteiger partial charge in [-0.1, -0.05) is 6.07 Å². The highest BCUT2D eigenvalue weighted by atomic mass is 32.1. The highest BCUT2D eigenvalue weighted by Crippen LogP contribution is 2.13. The minimum atomic E-state index is -0.921. The van der Waals surface area contributed by atoms with E-state index in [0.29, 0.717) is 17.7 Å². The third-order valence-electron chi connectivity index (χ3n) is 2.98. The molecule has 0 radical (unpaired) electrons. The topological polar surface area (TPSA) is 62.2 Å². The molecule has 0 spiro atoms. The minimum absolute atomic E-state index is 0.170. The van der Waals surface area contributed by atoms with Gasteiger partial charge >= 0.3 is 0 Å². The molecule has 1 heterocycles. The Morgan fingerprint density at radius 3 is 2.81 bits per heavy atom. The summed E-state index contributed by atoms with van der Waals surface area (Å²) in [7, 11) is 0. The molecule has 0 aliphatic carbocycles. The van der Waals surface area contributed by atoms with E-state index in [9.17, 15) is 18.7 Å². The van der Waals surface area contributed by atoms with Crippen molar-refractivity contribution in [1.82, 2.24) is 10.3 Å². The van der Waals surface area contributed by atoms with Gasteiger partial charge in [-0.15, -0.1) is 11.3 Å². The molecule has 2 rings (SSSR count). The molecule has 0 saturated heterocycles. The maximum atomic E-state index is 13.1. The fourth-order valence-electron chi connectivity index (χ4n) is 1.85. The standard InChI is InChI=1S/C14H14F2N2O2S/c15-11-2-1-9(4-12(11)16)3-10(6-19)5-17-14(20)13-7-21-8-18-13/h1-2,4,7-8,10,19H,3,5-6H2,(H,17,20)/t10-/m0/s1. The van der Waals surface area contributed by atoms with E-state index >= 15 is 0 Å².